The van der Waals surface area contributed by atoms with Crippen molar-refractivity contribution in [3.63, 3.8) is 0 Å². The number of nitrogens with zero attached hydrogens (tertiary/aromatic N) is 3. The summed E-state index contributed by atoms with van der Waals surface area (Å²) in [5.41, 5.74) is 2.51. The van der Waals surface area contributed by atoms with E-state index in [1.807, 2.05) is 18.9 Å². The number of ether oxygens (including phenoxy) is 1. The van der Waals surface area contributed by atoms with Gasteiger partial charge in [0.15, 0.2) is 0 Å². The molecule has 0 fully saturated rings. The second-order valence-corrected chi connectivity index (χ2v) is 3.22. The lowest BCUT2D eigenvalue weighted by Gasteiger charge is -2.18. The van der Waals surface area contributed by atoms with Crippen LogP contribution in [0, 0.1) is 6.92 Å². The first-order valence-electron chi connectivity index (χ1n) is 4.69. The number of hydrazine groups is 1. The number of anilines is 2. The molecule has 0 spiro atoms. The van der Waals surface area contributed by atoms with Gasteiger partial charge in [-0.25, -0.2) is 15.8 Å². The lowest BCUT2D eigenvalue weighted by atomic mass is 10.4. The van der Waals surface area contributed by atoms with Gasteiger partial charge in [0.05, 0.1) is 6.61 Å². The minimum Gasteiger partial charge on any atom is -0.383 e. The monoisotopic (exact) mass is 211 g/mol. The normalized spacial score (nSPS) is 10.1. The Labute approximate surface area is 89.4 Å². The van der Waals surface area contributed by atoms with Crippen LogP contribution in [0.15, 0.2) is 6.07 Å². The number of aryl methyl sites for hydroxylation is 1. The summed E-state index contributed by atoms with van der Waals surface area (Å²) in [5.74, 6) is 7.43. The van der Waals surface area contributed by atoms with Crippen LogP contribution in [-0.2, 0) is 4.74 Å². The third kappa shape index (κ3) is 3.34. The van der Waals surface area contributed by atoms with Crippen LogP contribution < -0.4 is 16.2 Å². The van der Waals surface area contributed by atoms with Crippen molar-refractivity contribution in [3.05, 3.63) is 11.9 Å². The third-order valence-corrected chi connectivity index (χ3v) is 1.99. The Hall–Kier alpha value is -1.40. The van der Waals surface area contributed by atoms with E-state index in [9.17, 15) is 0 Å². The van der Waals surface area contributed by atoms with Gasteiger partial charge in [0.1, 0.15) is 17.5 Å². The van der Waals surface area contributed by atoms with E-state index in [1.54, 1.807) is 13.2 Å². The van der Waals surface area contributed by atoms with Crippen molar-refractivity contribution in [1.82, 2.24) is 9.97 Å². The minimum atomic E-state index is 0.613. The second kappa shape index (κ2) is 5.47. The van der Waals surface area contributed by atoms with E-state index in [0.717, 1.165) is 12.4 Å². The number of hydrogen-bond donors (Lipinski definition) is 2. The molecule has 0 amide bonds. The molecule has 0 bridgehead atoms. The van der Waals surface area contributed by atoms with Crippen LogP contribution in [0.4, 0.5) is 11.6 Å². The van der Waals surface area contributed by atoms with E-state index in [0.29, 0.717) is 18.2 Å². The Morgan fingerprint density at radius 3 is 2.87 bits per heavy atom. The van der Waals surface area contributed by atoms with Crippen molar-refractivity contribution >= 4 is 11.6 Å². The standard InChI is InChI=1S/C9H17N5O/c1-7-11-8(13-10)6-9(12-7)14(2)4-5-15-3/h6H,4-5,10H2,1-3H3,(H,11,12,13). The van der Waals surface area contributed by atoms with Gasteiger partial charge in [0.2, 0.25) is 0 Å². The molecular weight excluding hydrogens is 194 g/mol. The van der Waals surface area contributed by atoms with Gasteiger partial charge in [-0.1, -0.05) is 0 Å². The lowest BCUT2D eigenvalue weighted by Crippen LogP contribution is -2.24. The van der Waals surface area contributed by atoms with E-state index in [4.69, 9.17) is 10.6 Å². The van der Waals surface area contributed by atoms with Gasteiger partial charge in [0.25, 0.3) is 0 Å². The molecule has 1 aromatic heterocycles. The number of nitrogens with one attached hydrogen (secondary N) is 1. The van der Waals surface area contributed by atoms with Crippen molar-refractivity contribution in [3.8, 4) is 0 Å². The predicted molar refractivity (Wildman–Crippen MR) is 59.7 cm³/mol. The summed E-state index contributed by atoms with van der Waals surface area (Å²) in [6, 6.07) is 1.79. The van der Waals surface area contributed by atoms with Crippen LogP contribution in [-0.4, -0.2) is 37.3 Å². The van der Waals surface area contributed by atoms with Gasteiger partial charge in [-0.15, -0.1) is 0 Å². The van der Waals surface area contributed by atoms with E-state index in [2.05, 4.69) is 15.4 Å². The highest BCUT2D eigenvalue weighted by Gasteiger charge is 2.05. The van der Waals surface area contributed by atoms with Gasteiger partial charge < -0.3 is 15.1 Å². The number of hydrogen-bond acceptors (Lipinski definition) is 6. The fourth-order valence-electron chi connectivity index (χ4n) is 1.16. The smallest absolute Gasteiger partial charge is 0.145 e. The molecule has 0 saturated carbocycles. The number of nitrogens with two attached hydrogens (primary N) is 1. The first-order valence-corrected chi connectivity index (χ1v) is 4.69. The van der Waals surface area contributed by atoms with Crippen LogP contribution >= 0.6 is 0 Å². The fraction of sp³-hybridized carbons (Fsp3) is 0.556. The number of aromatic nitrogens is 2. The molecule has 1 rings (SSSR count). The van der Waals surface area contributed by atoms with E-state index in [1.165, 1.54) is 0 Å². The number of methoxy groups -OCH3 is 1. The van der Waals surface area contributed by atoms with Gasteiger partial charge in [-0.3, -0.25) is 0 Å². The summed E-state index contributed by atoms with van der Waals surface area (Å²) in [7, 11) is 3.62. The predicted octanol–water partition coefficient (Wildman–Crippen LogP) is 0.153. The lowest BCUT2D eigenvalue weighted by molar-refractivity contribution is 0.206. The van der Waals surface area contributed by atoms with Crippen molar-refractivity contribution in [1.29, 1.82) is 0 Å². The molecule has 6 nitrogen and oxygen atoms in total. The van der Waals surface area contributed by atoms with E-state index >= 15 is 0 Å². The summed E-state index contributed by atoms with van der Waals surface area (Å²) < 4.78 is 5.00. The molecule has 0 atom stereocenters. The highest BCUT2D eigenvalue weighted by molar-refractivity contribution is 5.48. The Morgan fingerprint density at radius 2 is 2.27 bits per heavy atom. The van der Waals surface area contributed by atoms with Crippen LogP contribution in [0.3, 0.4) is 0 Å². The Morgan fingerprint density at radius 1 is 1.53 bits per heavy atom. The van der Waals surface area contributed by atoms with Crippen molar-refractivity contribution in [2.24, 2.45) is 5.84 Å². The first kappa shape index (κ1) is 11.7. The highest BCUT2D eigenvalue weighted by atomic mass is 16.5. The summed E-state index contributed by atoms with van der Waals surface area (Å²) in [6.07, 6.45) is 0. The molecule has 1 heterocycles. The second-order valence-electron chi connectivity index (χ2n) is 3.22. The summed E-state index contributed by atoms with van der Waals surface area (Å²) >= 11 is 0. The van der Waals surface area contributed by atoms with Crippen LogP contribution in [0.2, 0.25) is 0 Å². The van der Waals surface area contributed by atoms with E-state index < -0.39 is 0 Å². The highest BCUT2D eigenvalue weighted by Crippen LogP contribution is 2.13. The number of rotatable bonds is 5. The molecule has 0 unspecified atom stereocenters. The van der Waals surface area contributed by atoms with Gasteiger partial charge in [0, 0.05) is 26.8 Å². The van der Waals surface area contributed by atoms with Crippen LogP contribution in [0.5, 0.6) is 0 Å². The largest absolute Gasteiger partial charge is 0.383 e. The Bertz CT molecular complexity index is 317. The minimum absolute atomic E-state index is 0.613. The Kier molecular flexibility index (Phi) is 4.26. The first-order chi connectivity index (χ1) is 7.17. The van der Waals surface area contributed by atoms with Crippen molar-refractivity contribution in [2.75, 3.05) is 37.6 Å². The third-order valence-electron chi connectivity index (χ3n) is 1.99. The number of nitrogen functional groups attached to an aromatic ring is 1. The fourth-order valence-corrected chi connectivity index (χ4v) is 1.16. The molecule has 84 valence electrons. The number of likely N-dealkylation sites (N-methyl/N-ethyl adjacent to an activating group) is 1. The molecule has 0 aromatic carbocycles. The molecule has 3 N–H and O–H groups in total. The summed E-state index contributed by atoms with van der Waals surface area (Å²) in [6.45, 7) is 3.26. The molecule has 0 saturated heterocycles. The zero-order chi connectivity index (χ0) is 11.3. The molecule has 0 aliphatic rings. The van der Waals surface area contributed by atoms with E-state index in [-0.39, 0.29) is 0 Å². The molecule has 1 aromatic rings. The van der Waals surface area contributed by atoms with Gasteiger partial charge in [-0.2, -0.15) is 0 Å². The SMILES string of the molecule is COCCN(C)c1cc(NN)nc(C)n1. The quantitative estimate of drug-likeness (QED) is 0.533. The average molecular weight is 211 g/mol. The summed E-state index contributed by atoms with van der Waals surface area (Å²) in [5, 5.41) is 0. The maximum Gasteiger partial charge on any atom is 0.145 e. The maximum atomic E-state index is 5.30. The Balaban J connectivity index is 2.78. The zero-order valence-corrected chi connectivity index (χ0v) is 9.32. The van der Waals surface area contributed by atoms with Gasteiger partial charge in [-0.05, 0) is 6.92 Å². The maximum absolute atomic E-state index is 5.30. The average Bonchev–Trinajstić information content (AvgIpc) is 2.24. The molecular formula is C9H17N5O. The molecule has 0 radical (unpaired) electrons. The van der Waals surface area contributed by atoms with Crippen molar-refractivity contribution < 1.29 is 4.74 Å². The molecule has 0 aliphatic carbocycles. The zero-order valence-electron chi connectivity index (χ0n) is 9.32. The molecule has 0 aliphatic heterocycles. The summed E-state index contributed by atoms with van der Waals surface area (Å²) in [4.78, 5) is 10.4. The molecule has 15 heavy (non-hydrogen) atoms. The van der Waals surface area contributed by atoms with Crippen LogP contribution in [0.1, 0.15) is 5.82 Å². The topological polar surface area (TPSA) is 76.3 Å². The molecule has 6 heteroatoms. The van der Waals surface area contributed by atoms with Gasteiger partial charge >= 0.3 is 0 Å². The van der Waals surface area contributed by atoms with Crippen LogP contribution in [0.25, 0.3) is 0 Å². The van der Waals surface area contributed by atoms with Crippen molar-refractivity contribution in [2.45, 2.75) is 6.92 Å².